The number of benzene rings is 1. The minimum Gasteiger partial charge on any atom is -0.481 e. The van der Waals surface area contributed by atoms with Gasteiger partial charge in [0.25, 0.3) is 0 Å². The summed E-state index contributed by atoms with van der Waals surface area (Å²) >= 11 is 0. The Morgan fingerprint density at radius 3 is 2.93 bits per heavy atom. The van der Waals surface area contributed by atoms with Gasteiger partial charge >= 0.3 is 5.97 Å². The Balaban J connectivity index is 1.82. The van der Waals surface area contributed by atoms with E-state index in [0.29, 0.717) is 6.54 Å². The molecule has 0 radical (unpaired) electrons. The van der Waals surface area contributed by atoms with E-state index in [2.05, 4.69) is 46.6 Å². The molecule has 1 atom stereocenters. The largest absolute Gasteiger partial charge is 0.481 e. The first kappa shape index (κ1) is 17.7. The van der Waals surface area contributed by atoms with E-state index in [0.717, 1.165) is 25.1 Å². The number of aromatic nitrogens is 2. The molecule has 0 amide bonds. The van der Waals surface area contributed by atoms with Gasteiger partial charge in [-0.1, -0.05) is 17.7 Å². The molecular weight excluding hydrogens is 338 g/mol. The van der Waals surface area contributed by atoms with Gasteiger partial charge in [-0.3, -0.25) is 9.78 Å². The van der Waals surface area contributed by atoms with Crippen molar-refractivity contribution in [2.45, 2.75) is 38.8 Å². The van der Waals surface area contributed by atoms with Gasteiger partial charge < -0.3 is 14.6 Å². The fourth-order valence-corrected chi connectivity index (χ4v) is 4.23. The highest BCUT2D eigenvalue weighted by atomic mass is 16.4. The number of aliphatic carboxylic acids is 1. The zero-order chi connectivity index (χ0) is 19.0. The van der Waals surface area contributed by atoms with Crippen molar-refractivity contribution in [3.05, 3.63) is 65.1 Å². The lowest BCUT2D eigenvalue weighted by Gasteiger charge is -2.26. The molecule has 0 saturated heterocycles. The van der Waals surface area contributed by atoms with Gasteiger partial charge in [0.15, 0.2) is 0 Å². The van der Waals surface area contributed by atoms with Gasteiger partial charge in [-0.05, 0) is 49.7 Å². The van der Waals surface area contributed by atoms with Crippen LogP contribution in [0.4, 0.5) is 0 Å². The van der Waals surface area contributed by atoms with E-state index in [1.807, 2.05) is 12.1 Å². The van der Waals surface area contributed by atoms with Crippen molar-refractivity contribution in [3.8, 4) is 0 Å². The Morgan fingerprint density at radius 2 is 2.19 bits per heavy atom. The number of rotatable bonds is 5. The van der Waals surface area contributed by atoms with Crippen LogP contribution in [-0.2, 0) is 24.3 Å². The molecule has 1 unspecified atom stereocenters. The Hall–Kier alpha value is -2.66. The van der Waals surface area contributed by atoms with E-state index in [9.17, 15) is 9.90 Å². The van der Waals surface area contributed by atoms with E-state index in [-0.39, 0.29) is 12.3 Å². The highest BCUT2D eigenvalue weighted by Crippen LogP contribution is 2.33. The standard InChI is InChI=1S/C22H25N3O2/c1-15-5-6-20-19(10-15)18-7-9-24(2)14-21(18)25(20)13-17(11-22(26)27)16-4-3-8-23-12-16/h3-6,8,10,12,17H,7,9,11,13-14H2,1-2H3,(H,26,27). The van der Waals surface area contributed by atoms with Crippen molar-refractivity contribution in [2.75, 3.05) is 13.6 Å². The first-order chi connectivity index (χ1) is 13.0. The molecule has 5 nitrogen and oxygen atoms in total. The second-order valence-electron chi connectivity index (χ2n) is 7.63. The summed E-state index contributed by atoms with van der Waals surface area (Å²) in [6.07, 6.45) is 4.66. The summed E-state index contributed by atoms with van der Waals surface area (Å²) in [5.74, 6) is -0.883. The summed E-state index contributed by atoms with van der Waals surface area (Å²) in [5, 5.41) is 10.8. The molecule has 0 spiro atoms. The highest BCUT2D eigenvalue weighted by molar-refractivity contribution is 5.86. The number of pyridine rings is 1. The van der Waals surface area contributed by atoms with Crippen LogP contribution in [0.2, 0.25) is 0 Å². The van der Waals surface area contributed by atoms with Gasteiger partial charge in [0.05, 0.1) is 6.42 Å². The molecule has 1 aromatic carbocycles. The van der Waals surface area contributed by atoms with Crippen molar-refractivity contribution in [2.24, 2.45) is 0 Å². The third-order valence-electron chi connectivity index (χ3n) is 5.59. The molecule has 140 valence electrons. The lowest BCUT2D eigenvalue weighted by molar-refractivity contribution is -0.137. The molecule has 4 rings (SSSR count). The zero-order valence-electron chi connectivity index (χ0n) is 15.9. The molecule has 2 aromatic heterocycles. The van der Waals surface area contributed by atoms with Crippen LogP contribution in [0.25, 0.3) is 10.9 Å². The zero-order valence-corrected chi connectivity index (χ0v) is 15.9. The Bertz CT molecular complexity index is 978. The van der Waals surface area contributed by atoms with E-state index >= 15 is 0 Å². The van der Waals surface area contributed by atoms with Crippen LogP contribution in [0, 0.1) is 6.92 Å². The lowest BCUT2D eigenvalue weighted by Crippen LogP contribution is -2.28. The first-order valence-corrected chi connectivity index (χ1v) is 9.44. The summed E-state index contributed by atoms with van der Waals surface area (Å²) in [5.41, 5.74) is 6.19. The fourth-order valence-electron chi connectivity index (χ4n) is 4.23. The molecule has 0 aliphatic carbocycles. The molecule has 3 heterocycles. The molecule has 1 N–H and O–H groups in total. The van der Waals surface area contributed by atoms with Crippen LogP contribution in [-0.4, -0.2) is 39.1 Å². The van der Waals surface area contributed by atoms with Crippen molar-refractivity contribution in [1.29, 1.82) is 0 Å². The maximum absolute atomic E-state index is 11.5. The summed E-state index contributed by atoms with van der Waals surface area (Å²) < 4.78 is 2.35. The van der Waals surface area contributed by atoms with Gasteiger partial charge in [0.1, 0.15) is 0 Å². The quantitative estimate of drug-likeness (QED) is 0.753. The van der Waals surface area contributed by atoms with Crippen LogP contribution < -0.4 is 0 Å². The third-order valence-corrected chi connectivity index (χ3v) is 5.59. The number of fused-ring (bicyclic) bond motifs is 3. The van der Waals surface area contributed by atoms with Crippen molar-refractivity contribution in [3.63, 3.8) is 0 Å². The van der Waals surface area contributed by atoms with Gasteiger partial charge in [0, 0.05) is 54.5 Å². The lowest BCUT2D eigenvalue weighted by atomic mass is 9.97. The van der Waals surface area contributed by atoms with Gasteiger partial charge in [-0.25, -0.2) is 0 Å². The molecule has 0 bridgehead atoms. The second kappa shape index (κ2) is 7.16. The molecule has 0 fully saturated rings. The second-order valence-corrected chi connectivity index (χ2v) is 7.63. The monoisotopic (exact) mass is 363 g/mol. The summed E-state index contributed by atoms with van der Waals surface area (Å²) in [4.78, 5) is 18.1. The van der Waals surface area contributed by atoms with Crippen LogP contribution in [0.3, 0.4) is 0 Å². The van der Waals surface area contributed by atoms with Gasteiger partial charge in [0.2, 0.25) is 0 Å². The number of carbonyl (C=O) groups is 1. The normalized spacial score (nSPS) is 15.6. The van der Waals surface area contributed by atoms with E-state index < -0.39 is 5.97 Å². The Morgan fingerprint density at radius 1 is 1.33 bits per heavy atom. The molecule has 3 aromatic rings. The van der Waals surface area contributed by atoms with Crippen molar-refractivity contribution in [1.82, 2.24) is 14.5 Å². The minimum absolute atomic E-state index is 0.0990. The SMILES string of the molecule is Cc1ccc2c(c1)c1c(n2CC(CC(=O)O)c2cccnc2)CN(C)CC1. The van der Waals surface area contributed by atoms with Crippen LogP contribution in [0.5, 0.6) is 0 Å². The Labute approximate surface area is 159 Å². The summed E-state index contributed by atoms with van der Waals surface area (Å²) in [6, 6.07) is 10.5. The predicted octanol–water partition coefficient (Wildman–Crippen LogP) is 3.59. The molecule has 5 heteroatoms. The van der Waals surface area contributed by atoms with Crippen LogP contribution in [0.15, 0.2) is 42.7 Å². The number of carboxylic acids is 1. The topological polar surface area (TPSA) is 58.4 Å². The number of likely N-dealkylation sites (N-methyl/N-ethyl adjacent to an activating group) is 1. The highest BCUT2D eigenvalue weighted by Gasteiger charge is 2.25. The molecule has 1 aliphatic rings. The van der Waals surface area contributed by atoms with E-state index in [4.69, 9.17) is 0 Å². The molecule has 0 saturated carbocycles. The van der Waals surface area contributed by atoms with Crippen LogP contribution in [0.1, 0.15) is 34.7 Å². The van der Waals surface area contributed by atoms with Crippen LogP contribution >= 0.6 is 0 Å². The number of hydrogen-bond acceptors (Lipinski definition) is 3. The van der Waals surface area contributed by atoms with Crippen molar-refractivity contribution >= 4 is 16.9 Å². The average Bonchev–Trinajstić information content (AvgIpc) is 2.94. The molecular formula is C22H25N3O2. The number of hydrogen-bond donors (Lipinski definition) is 1. The average molecular weight is 363 g/mol. The van der Waals surface area contributed by atoms with Gasteiger partial charge in [-0.15, -0.1) is 0 Å². The van der Waals surface area contributed by atoms with E-state index in [1.54, 1.807) is 12.4 Å². The number of aryl methyl sites for hydroxylation is 1. The molecule has 1 aliphatic heterocycles. The third kappa shape index (κ3) is 3.47. The smallest absolute Gasteiger partial charge is 0.304 e. The van der Waals surface area contributed by atoms with E-state index in [1.165, 1.54) is 27.7 Å². The maximum Gasteiger partial charge on any atom is 0.304 e. The first-order valence-electron chi connectivity index (χ1n) is 9.44. The number of nitrogens with zero attached hydrogens (tertiary/aromatic N) is 3. The summed E-state index contributed by atoms with van der Waals surface area (Å²) in [7, 11) is 2.14. The predicted molar refractivity (Wildman–Crippen MR) is 106 cm³/mol. The van der Waals surface area contributed by atoms with Gasteiger partial charge in [-0.2, -0.15) is 0 Å². The maximum atomic E-state index is 11.5. The molecule has 27 heavy (non-hydrogen) atoms. The minimum atomic E-state index is -0.776. The fraction of sp³-hybridized carbons (Fsp3) is 0.364. The number of carboxylic acid groups (broad SMARTS) is 1. The van der Waals surface area contributed by atoms with Crippen molar-refractivity contribution < 1.29 is 9.90 Å². The summed E-state index contributed by atoms with van der Waals surface area (Å²) in [6.45, 7) is 4.73. The Kier molecular flexibility index (Phi) is 4.70.